The van der Waals surface area contributed by atoms with E-state index in [2.05, 4.69) is 47.7 Å². The van der Waals surface area contributed by atoms with Crippen molar-refractivity contribution in [3.63, 3.8) is 0 Å². The van der Waals surface area contributed by atoms with E-state index in [1.165, 1.54) is 31.9 Å². The number of sulfonamides is 1. The fourth-order valence-electron chi connectivity index (χ4n) is 7.92. The molecule has 0 aliphatic carbocycles. The molecule has 3 fully saturated rings. The van der Waals surface area contributed by atoms with Crippen LogP contribution in [0.4, 0.5) is 29.7 Å². The van der Waals surface area contributed by atoms with Crippen molar-refractivity contribution in [3.8, 4) is 11.4 Å². The Morgan fingerprint density at radius 3 is 2.42 bits per heavy atom. The van der Waals surface area contributed by atoms with Crippen LogP contribution in [0.15, 0.2) is 66.1 Å². The Morgan fingerprint density at radius 1 is 0.947 bits per heavy atom. The lowest BCUT2D eigenvalue weighted by Crippen LogP contribution is -2.49. The van der Waals surface area contributed by atoms with Gasteiger partial charge in [-0.25, -0.2) is 28.2 Å². The van der Waals surface area contributed by atoms with Gasteiger partial charge in [-0.2, -0.15) is 22.6 Å². The van der Waals surface area contributed by atoms with E-state index < -0.39 is 27.8 Å². The van der Waals surface area contributed by atoms with E-state index in [1.807, 2.05) is 19.2 Å². The predicted molar refractivity (Wildman–Crippen MR) is 205 cm³/mol. The highest BCUT2D eigenvalue weighted by molar-refractivity contribution is 7.89. The number of halogens is 3. The summed E-state index contributed by atoms with van der Waals surface area (Å²) in [6.07, 6.45) is 1.86. The molecule has 6 heterocycles. The predicted octanol–water partition coefficient (Wildman–Crippen LogP) is 4.87. The summed E-state index contributed by atoms with van der Waals surface area (Å²) < 4.78 is 73.5. The van der Waals surface area contributed by atoms with Crippen molar-refractivity contribution >= 4 is 44.6 Å². The number of hydrogen-bond donors (Lipinski definition) is 2. The molecule has 2 aromatic carbocycles. The summed E-state index contributed by atoms with van der Waals surface area (Å²) in [6.45, 7) is 3.03. The first-order valence-electron chi connectivity index (χ1n) is 18.8. The van der Waals surface area contributed by atoms with Crippen molar-refractivity contribution in [2.45, 2.75) is 61.7 Å². The molecule has 5 aromatic rings. The Bertz CT molecular complexity index is 2440. The molecule has 0 unspecified atom stereocenters. The van der Waals surface area contributed by atoms with E-state index in [1.54, 1.807) is 29.9 Å². The number of amides is 3. The van der Waals surface area contributed by atoms with Gasteiger partial charge in [-0.15, -0.1) is 0 Å². The number of urea groups is 1. The van der Waals surface area contributed by atoms with Gasteiger partial charge in [0.2, 0.25) is 21.9 Å². The summed E-state index contributed by atoms with van der Waals surface area (Å²) in [5.74, 6) is 0.599. The van der Waals surface area contributed by atoms with E-state index in [0.29, 0.717) is 31.1 Å². The number of imide groups is 1. The number of anilines is 2. The van der Waals surface area contributed by atoms with E-state index in [4.69, 9.17) is 0 Å². The number of nitrogens with zero attached hydrogens (tertiary/aromatic N) is 9. The minimum atomic E-state index is -4.66. The van der Waals surface area contributed by atoms with Crippen molar-refractivity contribution in [1.29, 1.82) is 0 Å². The van der Waals surface area contributed by atoms with Gasteiger partial charge >= 0.3 is 12.2 Å². The van der Waals surface area contributed by atoms with Gasteiger partial charge in [0.15, 0.2) is 5.82 Å². The average molecular weight is 806 g/mol. The van der Waals surface area contributed by atoms with Crippen LogP contribution < -0.4 is 15.5 Å². The normalized spacial score (nSPS) is 18.4. The molecule has 2 N–H and O–H groups in total. The van der Waals surface area contributed by atoms with E-state index in [-0.39, 0.29) is 60.2 Å². The highest BCUT2D eigenvalue weighted by Crippen LogP contribution is 2.37. The maximum Gasteiger partial charge on any atom is 0.420 e. The van der Waals surface area contributed by atoms with Crippen molar-refractivity contribution in [2.75, 3.05) is 42.9 Å². The molecule has 3 aliphatic rings. The smallest absolute Gasteiger partial charge is 0.351 e. The summed E-state index contributed by atoms with van der Waals surface area (Å²) in [4.78, 5) is 40.3. The fourth-order valence-corrected chi connectivity index (χ4v) is 9.46. The molecule has 300 valence electrons. The quantitative estimate of drug-likeness (QED) is 0.210. The van der Waals surface area contributed by atoms with Crippen LogP contribution in [0.5, 0.6) is 0 Å². The number of fused-ring (bicyclic) bond motifs is 1. The molecule has 0 atom stereocenters. The van der Waals surface area contributed by atoms with Crippen LogP contribution in [-0.2, 0) is 41.6 Å². The fraction of sp³-hybridized carbons (Fsp3) is 0.421. The van der Waals surface area contributed by atoms with Crippen molar-refractivity contribution in [3.05, 3.63) is 77.9 Å². The van der Waals surface area contributed by atoms with Crippen LogP contribution in [0, 0.1) is 0 Å². The van der Waals surface area contributed by atoms with Gasteiger partial charge in [0.05, 0.1) is 16.7 Å². The van der Waals surface area contributed by atoms with Crippen molar-refractivity contribution in [2.24, 2.45) is 14.1 Å². The lowest BCUT2D eigenvalue weighted by molar-refractivity contribution is -0.137. The van der Waals surface area contributed by atoms with Crippen LogP contribution in [0.2, 0.25) is 0 Å². The summed E-state index contributed by atoms with van der Waals surface area (Å²) in [5.41, 5.74) is 1.78. The molecule has 3 aromatic heterocycles. The maximum atomic E-state index is 13.8. The molecule has 3 saturated heterocycles. The lowest BCUT2D eigenvalue weighted by atomic mass is 9.89. The number of hydrogen-bond acceptors (Lipinski definition) is 10. The first kappa shape index (κ1) is 38.5. The minimum absolute atomic E-state index is 0.0233. The Kier molecular flexibility index (Phi) is 10.2. The molecule has 3 aliphatic heterocycles. The maximum absolute atomic E-state index is 13.8. The van der Waals surface area contributed by atoms with Crippen molar-refractivity contribution < 1.29 is 31.2 Å². The molecule has 0 bridgehead atoms. The van der Waals surface area contributed by atoms with Gasteiger partial charge in [-0.1, -0.05) is 18.2 Å². The monoisotopic (exact) mass is 805 g/mol. The number of nitrogens with one attached hydrogen (secondary N) is 2. The summed E-state index contributed by atoms with van der Waals surface area (Å²) >= 11 is 0. The van der Waals surface area contributed by atoms with E-state index in [0.717, 1.165) is 48.6 Å². The topological polar surface area (TPSA) is 163 Å². The van der Waals surface area contributed by atoms with Crippen LogP contribution in [0.25, 0.3) is 22.3 Å². The first-order valence-corrected chi connectivity index (χ1v) is 20.3. The zero-order valence-corrected chi connectivity index (χ0v) is 32.2. The molecule has 57 heavy (non-hydrogen) atoms. The Balaban J connectivity index is 0.863. The summed E-state index contributed by atoms with van der Waals surface area (Å²) in [6, 6.07) is 12.6. The standard InChI is InChI=1S/C38H42F3N11O4S/c1-48-22-31(43-23-48)34-30(38(39,40)41)20-42-36(46-34)44-27-10-15-51(16-11-27)57(55,56)28-5-3-4-24(18-28)21-50-13-8-25(9-14-50)26-6-7-29-32(19-26)49(2)47-35(29)52-17-12-33(53)45-37(52)54/h3-7,18-20,22-23,25,27H,8-17,21H2,1-2H3,(H,42,44,46)(H,45,53,54). The molecule has 0 saturated carbocycles. The molecule has 3 amide bonds. The van der Waals surface area contributed by atoms with Crippen LogP contribution >= 0.6 is 0 Å². The number of rotatable bonds is 9. The summed E-state index contributed by atoms with van der Waals surface area (Å²) in [7, 11) is -0.285. The van der Waals surface area contributed by atoms with E-state index in [9.17, 15) is 31.2 Å². The molecule has 15 nitrogen and oxygen atoms in total. The number of carbonyl (C=O) groups is 2. The van der Waals surface area contributed by atoms with Crippen LogP contribution in [0.3, 0.4) is 0 Å². The summed E-state index contributed by atoms with van der Waals surface area (Å²) in [5, 5.41) is 10.9. The number of imidazole rings is 1. The Hall–Kier alpha value is -5.40. The third kappa shape index (κ3) is 7.95. The van der Waals surface area contributed by atoms with Gasteiger partial charge in [0.25, 0.3) is 0 Å². The van der Waals surface area contributed by atoms with Gasteiger partial charge in [-0.3, -0.25) is 24.6 Å². The van der Waals surface area contributed by atoms with Gasteiger partial charge in [0, 0.05) is 70.5 Å². The van der Waals surface area contributed by atoms with Gasteiger partial charge in [0.1, 0.15) is 17.0 Å². The third-order valence-electron chi connectivity index (χ3n) is 11.0. The first-order chi connectivity index (χ1) is 27.2. The second-order valence-corrected chi connectivity index (χ2v) is 16.8. The van der Waals surface area contributed by atoms with Gasteiger partial charge < -0.3 is 9.88 Å². The zero-order chi connectivity index (χ0) is 40.1. The van der Waals surface area contributed by atoms with Crippen LogP contribution in [-0.4, -0.2) is 97.6 Å². The number of aryl methyl sites for hydroxylation is 2. The number of alkyl halides is 3. The minimum Gasteiger partial charge on any atom is -0.351 e. The van der Waals surface area contributed by atoms with Gasteiger partial charge in [-0.05, 0) is 80.1 Å². The van der Waals surface area contributed by atoms with E-state index >= 15 is 0 Å². The molecule has 19 heteroatoms. The average Bonchev–Trinajstić information content (AvgIpc) is 3.77. The molecule has 0 spiro atoms. The molecule has 0 radical (unpaired) electrons. The SMILES string of the molecule is Cn1cnc(-c2nc(NC3CCN(S(=O)(=O)c4cccc(CN5CCC(c6ccc7c(N8CCC(=O)NC8=O)nn(C)c7c6)CC5)c4)CC3)ncc2C(F)(F)F)c1. The highest BCUT2D eigenvalue weighted by Gasteiger charge is 2.37. The highest BCUT2D eigenvalue weighted by atomic mass is 32.2. The Morgan fingerprint density at radius 2 is 1.72 bits per heavy atom. The number of likely N-dealkylation sites (tertiary alicyclic amines) is 1. The second kappa shape index (κ2) is 15.2. The molecular formula is C38H42F3N11O4S. The molecule has 8 rings (SSSR count). The van der Waals surface area contributed by atoms with Crippen LogP contribution in [0.1, 0.15) is 54.7 Å². The largest absolute Gasteiger partial charge is 0.420 e. The third-order valence-corrected chi connectivity index (χ3v) is 12.9. The number of carbonyl (C=O) groups excluding carboxylic acids is 2. The van der Waals surface area contributed by atoms with Crippen molar-refractivity contribution in [1.82, 2.24) is 43.8 Å². The number of aromatic nitrogens is 6. The molecular weight excluding hydrogens is 764 g/mol. The Labute approximate surface area is 326 Å². The lowest BCUT2D eigenvalue weighted by Gasteiger charge is -2.33. The number of benzene rings is 2. The second-order valence-electron chi connectivity index (χ2n) is 14.9. The number of piperidine rings is 2. The zero-order valence-electron chi connectivity index (χ0n) is 31.4.